The van der Waals surface area contributed by atoms with E-state index >= 15 is 0 Å². The summed E-state index contributed by atoms with van der Waals surface area (Å²) in [6.45, 7) is 3.40. The van der Waals surface area contributed by atoms with Crippen LogP contribution in [-0.4, -0.2) is 30.0 Å². The van der Waals surface area contributed by atoms with Crippen LogP contribution in [0.4, 0.5) is 4.39 Å². The predicted octanol–water partition coefficient (Wildman–Crippen LogP) is 4.14. The van der Waals surface area contributed by atoms with Crippen LogP contribution in [0.1, 0.15) is 31.0 Å². The molecule has 152 valence electrons. The molecular weight excluding hydrogens is 391 g/mol. The SMILES string of the molecule is COc1cccc(C2NC(=S)N(C)C(C)=C2C(C)=O)c1OCc1ccccc1F. The van der Waals surface area contributed by atoms with Crippen LogP contribution in [0.2, 0.25) is 0 Å². The Morgan fingerprint density at radius 2 is 1.97 bits per heavy atom. The number of nitrogens with one attached hydrogen (secondary N) is 1. The fourth-order valence-electron chi connectivity index (χ4n) is 3.37. The van der Waals surface area contributed by atoms with Gasteiger partial charge in [0.2, 0.25) is 0 Å². The quantitative estimate of drug-likeness (QED) is 0.717. The van der Waals surface area contributed by atoms with Crippen LogP contribution in [0.3, 0.4) is 0 Å². The summed E-state index contributed by atoms with van der Waals surface area (Å²) in [7, 11) is 3.35. The highest BCUT2D eigenvalue weighted by molar-refractivity contribution is 7.80. The number of thiocarbonyl (C=S) groups is 1. The van der Waals surface area contributed by atoms with Crippen molar-refractivity contribution in [2.45, 2.75) is 26.5 Å². The standard InChI is InChI=1S/C22H23FN2O3S/c1-13-19(14(2)26)20(24-22(29)25(13)3)16-9-7-11-18(27-4)21(16)28-12-15-8-5-6-10-17(15)23/h5-11,20H,12H2,1-4H3,(H,24,29). The van der Waals surface area contributed by atoms with Gasteiger partial charge in [0, 0.05) is 29.4 Å². The molecule has 1 N–H and O–H groups in total. The van der Waals surface area contributed by atoms with E-state index in [4.69, 9.17) is 21.7 Å². The summed E-state index contributed by atoms with van der Waals surface area (Å²) in [5.74, 6) is 0.514. The van der Waals surface area contributed by atoms with Crippen LogP contribution in [0, 0.1) is 5.82 Å². The van der Waals surface area contributed by atoms with Crippen molar-refractivity contribution in [1.82, 2.24) is 10.2 Å². The second-order valence-corrected chi connectivity index (χ2v) is 7.14. The fraction of sp³-hybridized carbons (Fsp3) is 0.273. The van der Waals surface area contributed by atoms with E-state index in [1.807, 2.05) is 26.1 Å². The first-order valence-electron chi connectivity index (χ1n) is 9.14. The van der Waals surface area contributed by atoms with Gasteiger partial charge in [-0.05, 0) is 38.2 Å². The van der Waals surface area contributed by atoms with Crippen LogP contribution in [-0.2, 0) is 11.4 Å². The molecule has 0 saturated heterocycles. The largest absolute Gasteiger partial charge is 0.493 e. The van der Waals surface area contributed by atoms with Crippen LogP contribution >= 0.6 is 12.2 Å². The second kappa shape index (κ2) is 8.61. The average molecular weight is 415 g/mol. The first kappa shape index (κ1) is 20.8. The molecule has 0 spiro atoms. The molecule has 0 aliphatic carbocycles. The Labute approximate surface area is 175 Å². The molecule has 2 aromatic carbocycles. The Kier molecular flexibility index (Phi) is 6.17. The summed E-state index contributed by atoms with van der Waals surface area (Å²) in [4.78, 5) is 14.2. The zero-order chi connectivity index (χ0) is 21.1. The molecule has 0 amide bonds. The number of methoxy groups -OCH3 is 1. The molecule has 1 aliphatic rings. The zero-order valence-electron chi connectivity index (χ0n) is 16.8. The summed E-state index contributed by atoms with van der Waals surface area (Å²) in [6, 6.07) is 11.4. The van der Waals surface area contributed by atoms with E-state index in [1.165, 1.54) is 20.1 Å². The zero-order valence-corrected chi connectivity index (χ0v) is 17.6. The highest BCUT2D eigenvalue weighted by Crippen LogP contribution is 2.40. The lowest BCUT2D eigenvalue weighted by atomic mass is 9.92. The molecule has 1 heterocycles. The molecule has 2 aromatic rings. The highest BCUT2D eigenvalue weighted by atomic mass is 32.1. The molecule has 3 rings (SSSR count). The van der Waals surface area contributed by atoms with Crippen LogP contribution in [0.25, 0.3) is 0 Å². The number of ether oxygens (including phenoxy) is 2. The maximum absolute atomic E-state index is 14.0. The molecule has 7 heteroatoms. The molecule has 1 aliphatic heterocycles. The average Bonchev–Trinajstić information content (AvgIpc) is 2.70. The summed E-state index contributed by atoms with van der Waals surface area (Å²) < 4.78 is 25.5. The number of benzene rings is 2. The van der Waals surface area contributed by atoms with Crippen molar-refractivity contribution in [2.75, 3.05) is 14.2 Å². The van der Waals surface area contributed by atoms with Gasteiger partial charge in [-0.1, -0.05) is 30.3 Å². The topological polar surface area (TPSA) is 50.8 Å². The lowest BCUT2D eigenvalue weighted by Gasteiger charge is -2.36. The third-order valence-corrected chi connectivity index (χ3v) is 5.40. The number of hydrogen-bond donors (Lipinski definition) is 1. The summed E-state index contributed by atoms with van der Waals surface area (Å²) in [6.07, 6.45) is 0. The fourth-order valence-corrected chi connectivity index (χ4v) is 3.62. The van der Waals surface area contributed by atoms with E-state index in [-0.39, 0.29) is 18.2 Å². The van der Waals surface area contributed by atoms with Crippen molar-refractivity contribution in [3.05, 3.63) is 70.7 Å². The molecule has 0 aromatic heterocycles. The minimum Gasteiger partial charge on any atom is -0.493 e. The number of nitrogens with zero attached hydrogens (tertiary/aromatic N) is 1. The minimum absolute atomic E-state index is 0.0230. The molecule has 29 heavy (non-hydrogen) atoms. The summed E-state index contributed by atoms with van der Waals surface area (Å²) >= 11 is 5.43. The van der Waals surface area contributed by atoms with Gasteiger partial charge in [0.05, 0.1) is 13.2 Å². The molecule has 5 nitrogen and oxygen atoms in total. The first-order valence-corrected chi connectivity index (χ1v) is 9.55. The molecule has 0 bridgehead atoms. The first-order chi connectivity index (χ1) is 13.8. The van der Waals surface area contributed by atoms with Gasteiger partial charge in [0.25, 0.3) is 0 Å². The summed E-state index contributed by atoms with van der Waals surface area (Å²) in [5, 5.41) is 3.71. The van der Waals surface area contributed by atoms with Crippen molar-refractivity contribution in [3.63, 3.8) is 0 Å². The number of ketones is 1. The Balaban J connectivity index is 2.06. The normalized spacial score (nSPS) is 16.5. The van der Waals surface area contributed by atoms with E-state index in [2.05, 4.69) is 5.32 Å². The van der Waals surface area contributed by atoms with Crippen molar-refractivity contribution in [3.8, 4) is 11.5 Å². The van der Waals surface area contributed by atoms with E-state index in [0.29, 0.717) is 33.3 Å². The Morgan fingerprint density at radius 3 is 2.62 bits per heavy atom. The minimum atomic E-state index is -0.498. The predicted molar refractivity (Wildman–Crippen MR) is 113 cm³/mol. The molecular formula is C22H23FN2O3S. The van der Waals surface area contributed by atoms with Gasteiger partial charge in [-0.3, -0.25) is 4.79 Å². The number of carbonyl (C=O) groups is 1. The van der Waals surface area contributed by atoms with Gasteiger partial charge >= 0.3 is 0 Å². The van der Waals surface area contributed by atoms with Crippen molar-refractivity contribution in [1.29, 1.82) is 0 Å². The van der Waals surface area contributed by atoms with E-state index in [9.17, 15) is 9.18 Å². The van der Waals surface area contributed by atoms with E-state index < -0.39 is 6.04 Å². The molecule has 0 fully saturated rings. The maximum Gasteiger partial charge on any atom is 0.173 e. The Morgan fingerprint density at radius 1 is 1.24 bits per heavy atom. The molecule has 0 saturated carbocycles. The van der Waals surface area contributed by atoms with Crippen LogP contribution in [0.15, 0.2) is 53.7 Å². The van der Waals surface area contributed by atoms with Crippen molar-refractivity contribution >= 4 is 23.1 Å². The lowest BCUT2D eigenvalue weighted by Crippen LogP contribution is -2.45. The van der Waals surface area contributed by atoms with Gasteiger partial charge < -0.3 is 19.7 Å². The smallest absolute Gasteiger partial charge is 0.173 e. The second-order valence-electron chi connectivity index (χ2n) is 6.76. The molecule has 1 atom stereocenters. The van der Waals surface area contributed by atoms with Gasteiger partial charge in [-0.15, -0.1) is 0 Å². The highest BCUT2D eigenvalue weighted by Gasteiger charge is 2.33. The number of rotatable bonds is 6. The van der Waals surface area contributed by atoms with Gasteiger partial charge in [0.15, 0.2) is 22.4 Å². The Hall–Kier alpha value is -2.93. The Bertz CT molecular complexity index is 990. The van der Waals surface area contributed by atoms with Crippen LogP contribution < -0.4 is 14.8 Å². The summed E-state index contributed by atoms with van der Waals surface area (Å²) in [5.41, 5.74) is 2.48. The number of carbonyl (C=O) groups excluding carboxylic acids is 1. The monoisotopic (exact) mass is 414 g/mol. The van der Waals surface area contributed by atoms with Crippen LogP contribution in [0.5, 0.6) is 11.5 Å². The number of para-hydroxylation sites is 1. The number of halogens is 1. The van der Waals surface area contributed by atoms with Crippen molar-refractivity contribution < 1.29 is 18.7 Å². The van der Waals surface area contributed by atoms with Crippen molar-refractivity contribution in [2.24, 2.45) is 0 Å². The van der Waals surface area contributed by atoms with Gasteiger partial charge in [-0.2, -0.15) is 0 Å². The van der Waals surface area contributed by atoms with E-state index in [0.717, 1.165) is 5.70 Å². The van der Waals surface area contributed by atoms with Gasteiger partial charge in [-0.25, -0.2) is 4.39 Å². The maximum atomic E-state index is 14.0. The number of hydrogen-bond acceptors (Lipinski definition) is 4. The number of allylic oxidation sites excluding steroid dienone is 1. The lowest BCUT2D eigenvalue weighted by molar-refractivity contribution is -0.114. The number of Topliss-reactive ketones (excluding diaryl/α,β-unsaturated/α-hetero) is 1. The third kappa shape index (κ3) is 4.10. The van der Waals surface area contributed by atoms with E-state index in [1.54, 1.807) is 29.2 Å². The van der Waals surface area contributed by atoms with Gasteiger partial charge in [0.1, 0.15) is 12.4 Å². The molecule has 1 unspecified atom stereocenters. The third-order valence-electron chi connectivity index (χ3n) is 5.00. The molecule has 0 radical (unpaired) electrons.